The summed E-state index contributed by atoms with van der Waals surface area (Å²) >= 11 is 11.8. The van der Waals surface area contributed by atoms with E-state index in [1.165, 1.54) is 0 Å². The van der Waals surface area contributed by atoms with Crippen LogP contribution in [0.25, 0.3) is 0 Å². The second-order valence-corrected chi connectivity index (χ2v) is 4.12. The van der Waals surface area contributed by atoms with Crippen molar-refractivity contribution in [3.63, 3.8) is 0 Å². The Morgan fingerprint density at radius 2 is 1.94 bits per heavy atom. The molecule has 0 bridgehead atoms. The molecule has 0 saturated heterocycles. The van der Waals surface area contributed by atoms with E-state index in [4.69, 9.17) is 27.9 Å². The molecule has 0 spiro atoms. The summed E-state index contributed by atoms with van der Waals surface area (Å²) in [5, 5.41) is 1.12. The van der Waals surface area contributed by atoms with Crippen molar-refractivity contribution < 1.29 is 21.7 Å². The minimum atomic E-state index is 0. The van der Waals surface area contributed by atoms with Crippen LogP contribution >= 0.6 is 23.2 Å². The van der Waals surface area contributed by atoms with Crippen molar-refractivity contribution in [1.82, 2.24) is 0 Å². The Morgan fingerprint density at radius 1 is 1.17 bits per heavy atom. The van der Waals surface area contributed by atoms with E-state index < -0.39 is 0 Å². The number of hydrogen-bond donors (Lipinski definition) is 0. The molecule has 2 aromatic rings. The molecule has 2 aromatic carbocycles. The van der Waals surface area contributed by atoms with Gasteiger partial charge in [0, 0.05) is 5.02 Å². The van der Waals surface area contributed by atoms with Gasteiger partial charge in [0.1, 0.15) is 5.75 Å². The first-order valence-corrected chi connectivity index (χ1v) is 5.54. The van der Waals surface area contributed by atoms with Crippen molar-refractivity contribution in [1.29, 1.82) is 0 Å². The molecule has 0 aliphatic rings. The molecule has 0 amide bonds. The number of halogens is 3. The molecule has 0 saturated carbocycles. The second-order valence-electron chi connectivity index (χ2n) is 3.28. The van der Waals surface area contributed by atoms with E-state index in [-0.39, 0.29) is 40.0 Å². The molecule has 90 valence electrons. The molecule has 0 heterocycles. The minimum Gasteiger partial charge on any atom is -1.00 e. The molecule has 0 N–H and O–H groups in total. The van der Waals surface area contributed by atoms with Crippen molar-refractivity contribution in [3.05, 3.63) is 64.1 Å². The molecule has 18 heavy (non-hydrogen) atoms. The van der Waals surface area contributed by atoms with E-state index in [1.54, 1.807) is 18.2 Å². The van der Waals surface area contributed by atoms with E-state index in [1.807, 2.05) is 24.3 Å². The Hall–Kier alpha value is 0.0662. The van der Waals surface area contributed by atoms with E-state index in [2.05, 4.69) is 6.07 Å². The van der Waals surface area contributed by atoms with Gasteiger partial charge < -0.3 is 21.7 Å². The van der Waals surface area contributed by atoms with Crippen LogP contribution in [0.2, 0.25) is 10.0 Å². The number of benzene rings is 2. The van der Waals surface area contributed by atoms with Crippen LogP contribution in [0.5, 0.6) is 5.75 Å². The monoisotopic (exact) mass is 354 g/mol. The summed E-state index contributed by atoms with van der Waals surface area (Å²) in [6.07, 6.45) is 0. The fourth-order valence-electron chi connectivity index (χ4n) is 1.27. The molecule has 0 aliphatic carbocycles. The van der Waals surface area contributed by atoms with Crippen LogP contribution in [-0.4, -0.2) is 23.1 Å². The van der Waals surface area contributed by atoms with Gasteiger partial charge in [-0.3, -0.25) is 0 Å². The molecule has 0 aliphatic heterocycles. The summed E-state index contributed by atoms with van der Waals surface area (Å²) in [6, 6.07) is 15.8. The second kappa shape index (κ2) is 9.05. The van der Waals surface area contributed by atoms with Gasteiger partial charge in [-0.2, -0.15) is 30.3 Å². The minimum absolute atomic E-state index is 0. The number of rotatable bonds is 3. The van der Waals surface area contributed by atoms with Gasteiger partial charge in [0.05, 0.1) is 11.6 Å². The molecular weight excluding hydrogens is 347 g/mol. The molecule has 5 heteroatoms. The third kappa shape index (κ3) is 5.37. The average molecular weight is 356 g/mol. The molecule has 0 unspecified atom stereocenters. The van der Waals surface area contributed by atoms with Gasteiger partial charge in [-0.25, -0.2) is 0 Å². The van der Waals surface area contributed by atoms with Gasteiger partial charge in [0.25, 0.3) is 0 Å². The predicted molar refractivity (Wildman–Crippen MR) is 71.8 cm³/mol. The Labute approximate surface area is 143 Å². The average Bonchev–Trinajstić information content (AvgIpc) is 2.29. The smallest absolute Gasteiger partial charge is 1.00 e. The quantitative estimate of drug-likeness (QED) is 0.589. The van der Waals surface area contributed by atoms with Crippen LogP contribution in [0.15, 0.2) is 42.5 Å². The first-order valence-electron chi connectivity index (χ1n) is 4.78. The molecule has 0 aromatic heterocycles. The fraction of sp³-hybridized carbons (Fsp3) is 0.0769. The summed E-state index contributed by atoms with van der Waals surface area (Å²) in [4.78, 5) is 0. The van der Waals surface area contributed by atoms with Crippen LogP contribution < -0.4 is 21.7 Å². The zero-order valence-electron chi connectivity index (χ0n) is 9.50. The first kappa shape index (κ1) is 18.1. The van der Waals surface area contributed by atoms with Gasteiger partial charge in [0.15, 0.2) is 0 Å². The van der Waals surface area contributed by atoms with Gasteiger partial charge in [0.2, 0.25) is 0 Å². The largest absolute Gasteiger partial charge is 2.00 e. The van der Waals surface area contributed by atoms with E-state index in [9.17, 15) is 0 Å². The van der Waals surface area contributed by atoms with Crippen LogP contribution in [0, 0.1) is 6.07 Å². The normalized spacial score (nSPS) is 9.00. The third-order valence-electron chi connectivity index (χ3n) is 2.06. The maximum absolute atomic E-state index is 5.98. The van der Waals surface area contributed by atoms with E-state index >= 15 is 0 Å². The van der Waals surface area contributed by atoms with Gasteiger partial charge in [-0.1, -0.05) is 23.2 Å². The Kier molecular flexibility index (Phi) is 9.08. The Balaban J connectivity index is 0.00000144. The summed E-state index contributed by atoms with van der Waals surface area (Å²) < 4.78 is 5.57. The van der Waals surface area contributed by atoms with Crippen LogP contribution in [0.4, 0.5) is 0 Å². The summed E-state index contributed by atoms with van der Waals surface area (Å²) in [7, 11) is 0. The van der Waals surface area contributed by atoms with Gasteiger partial charge in [-0.15, -0.1) is 5.56 Å². The first-order chi connectivity index (χ1) is 7.75. The maximum atomic E-state index is 5.98. The van der Waals surface area contributed by atoms with Crippen molar-refractivity contribution in [2.45, 2.75) is 6.61 Å². The fourth-order valence-corrected chi connectivity index (χ4v) is 1.74. The molecule has 0 atom stereocenters. The van der Waals surface area contributed by atoms with Crippen molar-refractivity contribution in [2.75, 3.05) is 0 Å². The summed E-state index contributed by atoms with van der Waals surface area (Å²) in [6.45, 7) is 0.471. The Morgan fingerprint density at radius 3 is 2.56 bits per heavy atom. The topological polar surface area (TPSA) is 9.23 Å². The van der Waals surface area contributed by atoms with Crippen LogP contribution in [0.1, 0.15) is 5.56 Å². The van der Waals surface area contributed by atoms with Crippen molar-refractivity contribution in [2.24, 2.45) is 0 Å². The van der Waals surface area contributed by atoms with Gasteiger partial charge in [-0.05, 0) is 18.2 Å². The molecule has 0 radical (unpaired) electrons. The van der Waals surface area contributed by atoms with E-state index in [0.29, 0.717) is 22.4 Å². The predicted octanol–water partition coefficient (Wildman–Crippen LogP) is 0.996. The third-order valence-corrected chi connectivity index (χ3v) is 2.59. The summed E-state index contributed by atoms with van der Waals surface area (Å²) in [5.41, 5.74) is 1.05. The molecular formula is C13H9BrCl2MgO. The van der Waals surface area contributed by atoms with E-state index in [0.717, 1.165) is 5.56 Å². The molecule has 1 nitrogen and oxygen atoms in total. The van der Waals surface area contributed by atoms with Crippen LogP contribution in [0.3, 0.4) is 0 Å². The Bertz CT molecular complexity index is 480. The van der Waals surface area contributed by atoms with Crippen molar-refractivity contribution >= 4 is 46.3 Å². The maximum Gasteiger partial charge on any atom is 2.00 e. The number of hydrogen-bond acceptors (Lipinski definition) is 1. The molecule has 2 rings (SSSR count). The SMILES string of the molecule is Clc1ccc(OCc2c[c-]ccc2)c(Cl)c1.[Br-].[Mg+2]. The standard InChI is InChI=1S/C13H9Cl2O.BrH.Mg/c14-11-6-7-13(12(15)8-11)16-9-10-4-2-1-3-5-10;;/h1-2,4-8H,9H2;1H;/q-1;;+2/p-1. The van der Waals surface area contributed by atoms with Crippen LogP contribution in [-0.2, 0) is 6.61 Å². The van der Waals surface area contributed by atoms with Gasteiger partial charge >= 0.3 is 23.1 Å². The van der Waals surface area contributed by atoms with Crippen molar-refractivity contribution in [3.8, 4) is 5.75 Å². The zero-order chi connectivity index (χ0) is 11.4. The summed E-state index contributed by atoms with van der Waals surface area (Å²) in [5.74, 6) is 0.634. The molecule has 0 fully saturated rings. The number of ether oxygens (including phenoxy) is 1. The zero-order valence-corrected chi connectivity index (χ0v) is 14.0.